The molecule has 0 saturated carbocycles. The van der Waals surface area contributed by atoms with Gasteiger partial charge in [0.1, 0.15) is 0 Å². The van der Waals surface area contributed by atoms with Gasteiger partial charge in [0, 0.05) is 14.2 Å². The molecule has 0 amide bonds. The minimum atomic E-state index is 0.250. The highest BCUT2D eigenvalue weighted by atomic mass is 32.1. The average molecular weight is 242 g/mol. The molecule has 16 heavy (non-hydrogen) atoms. The van der Waals surface area contributed by atoms with E-state index < -0.39 is 0 Å². The Morgan fingerprint density at radius 1 is 1.62 bits per heavy atom. The Morgan fingerprint density at radius 2 is 2.31 bits per heavy atom. The number of aromatic nitrogens is 1. The number of ether oxygens (including phenoxy) is 1. The second-order valence-electron chi connectivity index (χ2n) is 3.69. The van der Waals surface area contributed by atoms with Gasteiger partial charge in [-0.3, -0.25) is 4.79 Å². The van der Waals surface area contributed by atoms with E-state index in [2.05, 4.69) is 11.9 Å². The molecule has 0 aliphatic rings. The molecular weight excluding hydrogens is 224 g/mol. The SMILES string of the molecule is CCc1nc(N(C)C(C)COC)sc1C=O. The summed E-state index contributed by atoms with van der Waals surface area (Å²) in [7, 11) is 3.65. The normalized spacial score (nSPS) is 12.5. The number of anilines is 1. The number of aryl methyl sites for hydroxylation is 1. The van der Waals surface area contributed by atoms with Crippen molar-refractivity contribution in [3.8, 4) is 0 Å². The van der Waals surface area contributed by atoms with Crippen LogP contribution >= 0.6 is 11.3 Å². The van der Waals surface area contributed by atoms with Gasteiger partial charge in [0.25, 0.3) is 0 Å². The maximum Gasteiger partial charge on any atom is 0.186 e. The lowest BCUT2D eigenvalue weighted by atomic mass is 10.3. The van der Waals surface area contributed by atoms with Crippen LogP contribution in [0, 0.1) is 0 Å². The van der Waals surface area contributed by atoms with Crippen molar-refractivity contribution in [2.45, 2.75) is 26.3 Å². The van der Waals surface area contributed by atoms with Crippen LogP contribution in [0.15, 0.2) is 0 Å². The molecule has 0 N–H and O–H groups in total. The van der Waals surface area contributed by atoms with Crippen molar-refractivity contribution in [1.82, 2.24) is 4.98 Å². The van der Waals surface area contributed by atoms with Gasteiger partial charge in [-0.25, -0.2) is 4.98 Å². The fourth-order valence-corrected chi connectivity index (χ4v) is 2.42. The average Bonchev–Trinajstić information content (AvgIpc) is 2.71. The van der Waals surface area contributed by atoms with Crippen molar-refractivity contribution in [2.75, 3.05) is 25.7 Å². The van der Waals surface area contributed by atoms with E-state index in [4.69, 9.17) is 4.74 Å². The largest absolute Gasteiger partial charge is 0.383 e. The summed E-state index contributed by atoms with van der Waals surface area (Å²) < 4.78 is 5.10. The number of hydrogen-bond acceptors (Lipinski definition) is 5. The predicted molar refractivity (Wildman–Crippen MR) is 66.6 cm³/mol. The monoisotopic (exact) mass is 242 g/mol. The molecule has 0 aliphatic heterocycles. The van der Waals surface area contributed by atoms with Gasteiger partial charge < -0.3 is 9.64 Å². The van der Waals surface area contributed by atoms with Gasteiger partial charge in [-0.15, -0.1) is 0 Å². The first kappa shape index (κ1) is 13.1. The van der Waals surface area contributed by atoms with Gasteiger partial charge in [-0.2, -0.15) is 0 Å². The molecule has 1 atom stereocenters. The highest BCUT2D eigenvalue weighted by Crippen LogP contribution is 2.25. The van der Waals surface area contributed by atoms with Crippen LogP contribution in [0.5, 0.6) is 0 Å². The smallest absolute Gasteiger partial charge is 0.186 e. The molecule has 90 valence electrons. The fraction of sp³-hybridized carbons (Fsp3) is 0.636. The summed E-state index contributed by atoms with van der Waals surface area (Å²) in [6.45, 7) is 4.72. The lowest BCUT2D eigenvalue weighted by molar-refractivity contribution is 0.112. The van der Waals surface area contributed by atoms with E-state index in [9.17, 15) is 4.79 Å². The van der Waals surface area contributed by atoms with Crippen LogP contribution in [0.4, 0.5) is 5.13 Å². The van der Waals surface area contributed by atoms with Gasteiger partial charge in [-0.1, -0.05) is 18.3 Å². The van der Waals surface area contributed by atoms with Crippen molar-refractivity contribution < 1.29 is 9.53 Å². The number of likely N-dealkylation sites (N-methyl/N-ethyl adjacent to an activating group) is 1. The number of thiazole rings is 1. The van der Waals surface area contributed by atoms with Crippen molar-refractivity contribution >= 4 is 22.8 Å². The molecule has 0 radical (unpaired) electrons. The number of aldehydes is 1. The Morgan fingerprint density at radius 3 is 2.75 bits per heavy atom. The second kappa shape index (κ2) is 5.96. The maximum absolute atomic E-state index is 10.8. The second-order valence-corrected chi connectivity index (χ2v) is 4.70. The molecule has 0 spiro atoms. The minimum absolute atomic E-state index is 0.250. The lowest BCUT2D eigenvalue weighted by Gasteiger charge is -2.23. The third-order valence-corrected chi connectivity index (χ3v) is 3.64. The molecule has 0 aliphatic carbocycles. The number of carbonyl (C=O) groups is 1. The molecule has 1 aromatic rings. The molecule has 1 unspecified atom stereocenters. The third-order valence-electron chi connectivity index (χ3n) is 2.53. The molecule has 5 heteroatoms. The number of methoxy groups -OCH3 is 1. The number of hydrogen-bond donors (Lipinski definition) is 0. The summed E-state index contributed by atoms with van der Waals surface area (Å²) in [4.78, 5) is 18.1. The van der Waals surface area contributed by atoms with E-state index in [0.717, 1.165) is 28.4 Å². The molecule has 0 aromatic carbocycles. The summed E-state index contributed by atoms with van der Waals surface area (Å²) in [6.07, 6.45) is 1.67. The van der Waals surface area contributed by atoms with Crippen LogP contribution in [0.2, 0.25) is 0 Å². The van der Waals surface area contributed by atoms with Crippen molar-refractivity contribution in [2.24, 2.45) is 0 Å². The summed E-state index contributed by atoms with van der Waals surface area (Å²) >= 11 is 1.44. The van der Waals surface area contributed by atoms with E-state index in [0.29, 0.717) is 6.61 Å². The Kier molecular flexibility index (Phi) is 4.89. The van der Waals surface area contributed by atoms with E-state index in [-0.39, 0.29) is 6.04 Å². The molecule has 1 heterocycles. The van der Waals surface area contributed by atoms with Crippen molar-refractivity contribution in [3.63, 3.8) is 0 Å². The van der Waals surface area contributed by atoms with Crippen LogP contribution in [-0.4, -0.2) is 38.1 Å². The molecule has 4 nitrogen and oxygen atoms in total. The molecule has 1 rings (SSSR count). The highest BCUT2D eigenvalue weighted by Gasteiger charge is 2.16. The Hall–Kier alpha value is -0.940. The van der Waals surface area contributed by atoms with E-state index >= 15 is 0 Å². The van der Waals surface area contributed by atoms with Crippen LogP contribution in [0.3, 0.4) is 0 Å². The van der Waals surface area contributed by atoms with Gasteiger partial charge in [0.05, 0.1) is 23.2 Å². The topological polar surface area (TPSA) is 42.4 Å². The van der Waals surface area contributed by atoms with Crippen LogP contribution < -0.4 is 4.90 Å². The number of carbonyl (C=O) groups excluding carboxylic acids is 1. The van der Waals surface area contributed by atoms with E-state index in [1.54, 1.807) is 7.11 Å². The third kappa shape index (κ3) is 2.80. The van der Waals surface area contributed by atoms with Crippen molar-refractivity contribution in [3.05, 3.63) is 10.6 Å². The fourth-order valence-electron chi connectivity index (χ4n) is 1.39. The zero-order valence-electron chi connectivity index (χ0n) is 10.2. The molecule has 0 bridgehead atoms. The standard InChI is InChI=1S/C11H18N2O2S/c1-5-9-10(6-14)16-11(12-9)13(3)8(2)7-15-4/h6,8H,5,7H2,1-4H3. The zero-order valence-corrected chi connectivity index (χ0v) is 11.0. The predicted octanol–water partition coefficient (Wildman–Crippen LogP) is 1.99. The Labute approximate surface area is 100 Å². The lowest BCUT2D eigenvalue weighted by Crippen LogP contribution is -2.32. The summed E-state index contributed by atoms with van der Waals surface area (Å²) in [5.41, 5.74) is 0.881. The highest BCUT2D eigenvalue weighted by molar-refractivity contribution is 7.17. The molecule has 0 saturated heterocycles. The van der Waals surface area contributed by atoms with Crippen molar-refractivity contribution in [1.29, 1.82) is 0 Å². The summed E-state index contributed by atoms with van der Waals surface area (Å²) in [5, 5.41) is 0.878. The quantitative estimate of drug-likeness (QED) is 0.715. The first-order valence-corrected chi connectivity index (χ1v) is 6.12. The summed E-state index contributed by atoms with van der Waals surface area (Å²) in [5.74, 6) is 0. The number of rotatable bonds is 6. The summed E-state index contributed by atoms with van der Waals surface area (Å²) in [6, 6.07) is 0.250. The first-order valence-electron chi connectivity index (χ1n) is 5.30. The number of nitrogens with zero attached hydrogens (tertiary/aromatic N) is 2. The molecule has 1 aromatic heterocycles. The van der Waals surface area contributed by atoms with Crippen LogP contribution in [-0.2, 0) is 11.2 Å². The van der Waals surface area contributed by atoms with Gasteiger partial charge >= 0.3 is 0 Å². The Bertz CT molecular complexity index is 352. The van der Waals surface area contributed by atoms with Crippen LogP contribution in [0.1, 0.15) is 29.2 Å². The molecule has 0 fully saturated rings. The van der Waals surface area contributed by atoms with E-state index in [1.165, 1.54) is 11.3 Å². The van der Waals surface area contributed by atoms with Crippen LogP contribution in [0.25, 0.3) is 0 Å². The van der Waals surface area contributed by atoms with Gasteiger partial charge in [0.15, 0.2) is 11.4 Å². The first-order chi connectivity index (χ1) is 7.63. The Balaban J connectivity index is 2.86. The molecular formula is C11H18N2O2S. The van der Waals surface area contributed by atoms with Gasteiger partial charge in [-0.05, 0) is 13.3 Å². The maximum atomic E-state index is 10.8. The van der Waals surface area contributed by atoms with Gasteiger partial charge in [0.2, 0.25) is 0 Å². The zero-order chi connectivity index (χ0) is 12.1. The minimum Gasteiger partial charge on any atom is -0.383 e. The van der Waals surface area contributed by atoms with E-state index in [1.807, 2.05) is 18.9 Å².